The lowest BCUT2D eigenvalue weighted by atomic mass is 10.0. The average Bonchev–Trinajstić information content (AvgIpc) is 2.61. The molecule has 0 atom stereocenters. The van der Waals surface area contributed by atoms with Gasteiger partial charge in [-0.15, -0.1) is 0 Å². The Balaban J connectivity index is 1.91. The van der Waals surface area contributed by atoms with Crippen molar-refractivity contribution in [2.75, 3.05) is 35.8 Å². The molecule has 7 heteroatoms. The molecule has 1 aromatic heterocycles. The van der Waals surface area contributed by atoms with Crippen molar-refractivity contribution in [2.24, 2.45) is 0 Å². The first-order valence-corrected chi connectivity index (χ1v) is 9.02. The molecule has 0 aliphatic carbocycles. The van der Waals surface area contributed by atoms with Crippen LogP contribution in [0.1, 0.15) is 44.5 Å². The summed E-state index contributed by atoms with van der Waals surface area (Å²) in [5, 5.41) is 3.30. The van der Waals surface area contributed by atoms with Gasteiger partial charge in [0, 0.05) is 44.4 Å². The third-order valence-electron chi connectivity index (χ3n) is 4.41. The molecule has 0 bridgehead atoms. The summed E-state index contributed by atoms with van der Waals surface area (Å²) in [7, 11) is 3.83. The van der Waals surface area contributed by atoms with E-state index in [-0.39, 0.29) is 11.8 Å². The molecule has 138 valence electrons. The van der Waals surface area contributed by atoms with E-state index in [0.29, 0.717) is 24.9 Å². The summed E-state index contributed by atoms with van der Waals surface area (Å²) in [6.07, 6.45) is 1.32. The number of aryl methyl sites for hydroxylation is 1. The van der Waals surface area contributed by atoms with Crippen LogP contribution in [0.4, 0.5) is 23.3 Å². The molecule has 1 aliphatic rings. The van der Waals surface area contributed by atoms with E-state index in [4.69, 9.17) is 0 Å². The van der Waals surface area contributed by atoms with Crippen LogP contribution in [0.2, 0.25) is 0 Å². The Morgan fingerprint density at radius 2 is 1.96 bits per heavy atom. The summed E-state index contributed by atoms with van der Waals surface area (Å²) in [5.41, 5.74) is 3.09. The molecule has 0 saturated heterocycles. The molecule has 0 saturated carbocycles. The van der Waals surface area contributed by atoms with E-state index < -0.39 is 0 Å². The monoisotopic (exact) mass is 354 g/mol. The second-order valence-corrected chi connectivity index (χ2v) is 6.97. The Morgan fingerprint density at radius 1 is 1.19 bits per heavy atom. The highest BCUT2D eigenvalue weighted by atomic mass is 16.2. The number of anilines is 4. The smallest absolute Gasteiger partial charge is 0.232 e. The molecule has 2 aromatic rings. The van der Waals surface area contributed by atoms with Gasteiger partial charge in [0.15, 0.2) is 0 Å². The minimum absolute atomic E-state index is 0.190. The molecule has 2 heterocycles. The first-order valence-electron chi connectivity index (χ1n) is 9.02. The van der Waals surface area contributed by atoms with Gasteiger partial charge in [-0.3, -0.25) is 4.79 Å². The van der Waals surface area contributed by atoms with Crippen LogP contribution in [-0.2, 0) is 11.2 Å². The van der Waals surface area contributed by atoms with Crippen LogP contribution < -0.4 is 15.1 Å². The maximum absolute atomic E-state index is 12.0. The maximum atomic E-state index is 12.0. The number of carbonyl (C=O) groups is 1. The van der Waals surface area contributed by atoms with Gasteiger partial charge in [0.1, 0.15) is 5.82 Å². The fraction of sp³-hybridized carbons (Fsp3) is 0.474. The van der Waals surface area contributed by atoms with Crippen molar-refractivity contribution in [1.29, 1.82) is 0 Å². The van der Waals surface area contributed by atoms with Gasteiger partial charge in [0.2, 0.25) is 17.8 Å². The van der Waals surface area contributed by atoms with Crippen LogP contribution in [0.5, 0.6) is 0 Å². The van der Waals surface area contributed by atoms with Crippen LogP contribution >= 0.6 is 0 Å². The molecule has 3 rings (SSSR count). The Labute approximate surface area is 154 Å². The lowest BCUT2D eigenvalue weighted by Gasteiger charge is -2.28. The normalized spacial score (nSPS) is 13.8. The number of rotatable bonds is 5. The summed E-state index contributed by atoms with van der Waals surface area (Å²) >= 11 is 0. The fourth-order valence-electron chi connectivity index (χ4n) is 3.01. The largest absolute Gasteiger partial charge is 0.347 e. The number of hydrogen-bond donors (Lipinski definition) is 1. The molecule has 26 heavy (non-hydrogen) atoms. The zero-order chi connectivity index (χ0) is 18.8. The first kappa shape index (κ1) is 18.1. The summed E-state index contributed by atoms with van der Waals surface area (Å²) < 4.78 is 0. The SMILES string of the molecule is CCN1C(=O)CCc2cc(Nc3nc(C(C)C)nc(N(C)C)n3)ccc21. The Morgan fingerprint density at radius 3 is 2.62 bits per heavy atom. The topological polar surface area (TPSA) is 74.2 Å². The fourth-order valence-corrected chi connectivity index (χ4v) is 3.01. The summed E-state index contributed by atoms with van der Waals surface area (Å²) in [5.74, 6) is 2.32. The number of nitrogens with one attached hydrogen (secondary N) is 1. The van der Waals surface area contributed by atoms with Crippen molar-refractivity contribution in [3.8, 4) is 0 Å². The highest BCUT2D eigenvalue weighted by Gasteiger charge is 2.23. The van der Waals surface area contributed by atoms with Crippen LogP contribution in [0.25, 0.3) is 0 Å². The molecule has 1 amide bonds. The zero-order valence-corrected chi connectivity index (χ0v) is 16.1. The van der Waals surface area contributed by atoms with Gasteiger partial charge in [-0.05, 0) is 37.1 Å². The van der Waals surface area contributed by atoms with Crippen LogP contribution in [0.15, 0.2) is 18.2 Å². The number of hydrogen-bond acceptors (Lipinski definition) is 6. The molecular weight excluding hydrogens is 328 g/mol. The summed E-state index contributed by atoms with van der Waals surface area (Å²) in [6.45, 7) is 6.82. The van der Waals surface area contributed by atoms with E-state index in [2.05, 4.69) is 40.2 Å². The number of amides is 1. The average molecular weight is 354 g/mol. The number of carbonyl (C=O) groups excluding carboxylic acids is 1. The van der Waals surface area contributed by atoms with Crippen molar-refractivity contribution in [3.05, 3.63) is 29.6 Å². The van der Waals surface area contributed by atoms with Gasteiger partial charge in [0.05, 0.1) is 0 Å². The molecule has 0 unspecified atom stereocenters. The van der Waals surface area contributed by atoms with Gasteiger partial charge in [-0.1, -0.05) is 13.8 Å². The molecule has 0 radical (unpaired) electrons. The lowest BCUT2D eigenvalue weighted by molar-refractivity contribution is -0.118. The van der Waals surface area contributed by atoms with Gasteiger partial charge in [-0.25, -0.2) is 0 Å². The van der Waals surface area contributed by atoms with Crippen LogP contribution in [0.3, 0.4) is 0 Å². The molecule has 0 spiro atoms. The molecule has 7 nitrogen and oxygen atoms in total. The Bertz CT molecular complexity index is 791. The lowest BCUT2D eigenvalue weighted by Crippen LogP contribution is -2.34. The number of fused-ring (bicyclic) bond motifs is 1. The van der Waals surface area contributed by atoms with Crippen molar-refractivity contribution < 1.29 is 4.79 Å². The minimum Gasteiger partial charge on any atom is -0.347 e. The highest BCUT2D eigenvalue weighted by molar-refractivity contribution is 5.96. The molecule has 1 N–H and O–H groups in total. The Kier molecular flexibility index (Phi) is 5.06. The molecule has 0 fully saturated rings. The van der Waals surface area contributed by atoms with E-state index in [1.807, 2.05) is 43.0 Å². The standard InChI is InChI=1S/C19H26N6O/c1-6-25-15-9-8-14(11-13(15)7-10-16(25)26)20-18-21-17(12(2)3)22-19(23-18)24(4)5/h8-9,11-12H,6-7,10H2,1-5H3,(H,20,21,22,23). The molecule has 1 aliphatic heterocycles. The van der Waals surface area contributed by atoms with Gasteiger partial charge >= 0.3 is 0 Å². The zero-order valence-electron chi connectivity index (χ0n) is 16.1. The van der Waals surface area contributed by atoms with Crippen molar-refractivity contribution in [2.45, 2.75) is 39.5 Å². The van der Waals surface area contributed by atoms with E-state index in [9.17, 15) is 4.79 Å². The van der Waals surface area contributed by atoms with Gasteiger partial charge < -0.3 is 15.1 Å². The molecular formula is C19H26N6O. The van der Waals surface area contributed by atoms with Crippen molar-refractivity contribution >= 4 is 29.2 Å². The Hall–Kier alpha value is -2.70. The minimum atomic E-state index is 0.190. The summed E-state index contributed by atoms with van der Waals surface area (Å²) in [6, 6.07) is 6.04. The first-order chi connectivity index (χ1) is 12.4. The van der Waals surface area contributed by atoms with Crippen molar-refractivity contribution in [1.82, 2.24) is 15.0 Å². The quantitative estimate of drug-likeness (QED) is 0.889. The predicted octanol–water partition coefficient (Wildman–Crippen LogP) is 3.10. The van der Waals surface area contributed by atoms with Crippen LogP contribution in [-0.4, -0.2) is 41.5 Å². The van der Waals surface area contributed by atoms with Gasteiger partial charge in [-0.2, -0.15) is 15.0 Å². The van der Waals surface area contributed by atoms with E-state index >= 15 is 0 Å². The molecule has 1 aromatic carbocycles. The van der Waals surface area contributed by atoms with Gasteiger partial charge in [0.25, 0.3) is 0 Å². The van der Waals surface area contributed by atoms with Crippen molar-refractivity contribution in [3.63, 3.8) is 0 Å². The highest BCUT2D eigenvalue weighted by Crippen LogP contribution is 2.31. The number of benzene rings is 1. The third-order valence-corrected chi connectivity index (χ3v) is 4.41. The second kappa shape index (κ2) is 7.27. The van der Waals surface area contributed by atoms with E-state index in [1.165, 1.54) is 5.56 Å². The van der Waals surface area contributed by atoms with Crippen LogP contribution in [0, 0.1) is 0 Å². The number of nitrogens with zero attached hydrogens (tertiary/aromatic N) is 5. The maximum Gasteiger partial charge on any atom is 0.232 e. The summed E-state index contributed by atoms with van der Waals surface area (Å²) in [4.78, 5) is 29.3. The predicted molar refractivity (Wildman–Crippen MR) is 104 cm³/mol. The van der Waals surface area contributed by atoms with E-state index in [1.54, 1.807) is 0 Å². The van der Waals surface area contributed by atoms with E-state index in [0.717, 1.165) is 23.6 Å². The third kappa shape index (κ3) is 3.61. The number of aromatic nitrogens is 3. The second-order valence-electron chi connectivity index (χ2n) is 6.97.